The molecule has 0 aromatic heterocycles. The van der Waals surface area contributed by atoms with Crippen LogP contribution in [0.3, 0.4) is 0 Å². The van der Waals surface area contributed by atoms with E-state index >= 15 is 0 Å². The van der Waals surface area contributed by atoms with E-state index in [0.29, 0.717) is 30.3 Å². The highest BCUT2D eigenvalue weighted by molar-refractivity contribution is 5.89. The van der Waals surface area contributed by atoms with Gasteiger partial charge in [0.2, 0.25) is 0 Å². The fourth-order valence-electron chi connectivity index (χ4n) is 3.59. The third-order valence-corrected chi connectivity index (χ3v) is 5.09. The van der Waals surface area contributed by atoms with Gasteiger partial charge in [-0.2, -0.15) is 0 Å². The van der Waals surface area contributed by atoms with Crippen LogP contribution < -0.4 is 4.74 Å². The Morgan fingerprint density at radius 1 is 1.07 bits per heavy atom. The molecule has 1 amide bonds. The number of hydrogen-bond acceptors (Lipinski definition) is 3. The number of ether oxygens (including phenoxy) is 1. The highest BCUT2D eigenvalue weighted by Crippen LogP contribution is 2.24. The SMILES string of the molecule is CC(Oc1ccccc1)C(=O)N1CCC(Cc2ccccc2C(=O)O)CC1. The number of carbonyl (C=O) groups excluding carboxylic acids is 1. The minimum atomic E-state index is -0.884. The minimum Gasteiger partial charge on any atom is -0.481 e. The van der Waals surface area contributed by atoms with Gasteiger partial charge in [0, 0.05) is 13.1 Å². The Morgan fingerprint density at radius 3 is 2.37 bits per heavy atom. The van der Waals surface area contributed by atoms with Crippen molar-refractivity contribution in [1.82, 2.24) is 4.90 Å². The van der Waals surface area contributed by atoms with Crippen LogP contribution in [0.2, 0.25) is 0 Å². The van der Waals surface area contributed by atoms with E-state index in [2.05, 4.69) is 0 Å². The maximum Gasteiger partial charge on any atom is 0.335 e. The lowest BCUT2D eigenvalue weighted by Gasteiger charge is -2.33. The van der Waals surface area contributed by atoms with Crippen molar-refractivity contribution < 1.29 is 19.4 Å². The Labute approximate surface area is 159 Å². The third kappa shape index (κ3) is 4.88. The molecule has 1 N–H and O–H groups in total. The molecule has 0 radical (unpaired) electrons. The van der Waals surface area contributed by atoms with Crippen molar-refractivity contribution in [3.8, 4) is 5.75 Å². The van der Waals surface area contributed by atoms with E-state index in [0.717, 1.165) is 24.8 Å². The van der Waals surface area contributed by atoms with E-state index in [-0.39, 0.29) is 5.91 Å². The Bertz CT molecular complexity index is 782. The Hall–Kier alpha value is -2.82. The largest absolute Gasteiger partial charge is 0.481 e. The fourth-order valence-corrected chi connectivity index (χ4v) is 3.59. The van der Waals surface area contributed by atoms with Gasteiger partial charge >= 0.3 is 5.97 Å². The number of benzene rings is 2. The van der Waals surface area contributed by atoms with Crippen molar-refractivity contribution in [1.29, 1.82) is 0 Å². The van der Waals surface area contributed by atoms with E-state index in [1.165, 1.54) is 0 Å². The van der Waals surface area contributed by atoms with Gasteiger partial charge in [0.05, 0.1) is 5.56 Å². The van der Waals surface area contributed by atoms with Gasteiger partial charge in [-0.3, -0.25) is 4.79 Å². The van der Waals surface area contributed by atoms with Crippen LogP contribution in [0.15, 0.2) is 54.6 Å². The molecule has 0 saturated carbocycles. The summed E-state index contributed by atoms with van der Waals surface area (Å²) in [5.74, 6) is 0.201. The van der Waals surface area contributed by atoms with Gasteiger partial charge < -0.3 is 14.7 Å². The van der Waals surface area contributed by atoms with Crippen LogP contribution in [0.25, 0.3) is 0 Å². The molecule has 1 saturated heterocycles. The Balaban J connectivity index is 1.53. The van der Waals surface area contributed by atoms with E-state index in [1.54, 1.807) is 19.1 Å². The number of piperidine rings is 1. The van der Waals surface area contributed by atoms with Crippen LogP contribution >= 0.6 is 0 Å². The van der Waals surface area contributed by atoms with Gasteiger partial charge in [-0.05, 0) is 55.9 Å². The van der Waals surface area contributed by atoms with Gasteiger partial charge in [0.1, 0.15) is 5.75 Å². The van der Waals surface area contributed by atoms with Crippen LogP contribution in [-0.2, 0) is 11.2 Å². The number of amides is 1. The first-order valence-corrected chi connectivity index (χ1v) is 9.36. The number of nitrogens with zero attached hydrogens (tertiary/aromatic N) is 1. The molecule has 1 fully saturated rings. The predicted molar refractivity (Wildman–Crippen MR) is 103 cm³/mol. The van der Waals surface area contributed by atoms with Gasteiger partial charge in [0.25, 0.3) is 5.91 Å². The molecule has 1 aliphatic heterocycles. The molecule has 27 heavy (non-hydrogen) atoms. The topological polar surface area (TPSA) is 66.8 Å². The normalized spacial score (nSPS) is 16.0. The van der Waals surface area contributed by atoms with Crippen molar-refractivity contribution in [3.05, 3.63) is 65.7 Å². The lowest BCUT2D eigenvalue weighted by molar-refractivity contribution is -0.139. The molecular weight excluding hydrogens is 342 g/mol. The summed E-state index contributed by atoms with van der Waals surface area (Å²) in [6.07, 6.45) is 1.97. The summed E-state index contributed by atoms with van der Waals surface area (Å²) >= 11 is 0. The molecule has 0 bridgehead atoms. The monoisotopic (exact) mass is 367 g/mol. The third-order valence-electron chi connectivity index (χ3n) is 5.09. The average Bonchev–Trinajstić information content (AvgIpc) is 2.69. The lowest BCUT2D eigenvalue weighted by atomic mass is 9.88. The summed E-state index contributed by atoms with van der Waals surface area (Å²) in [6, 6.07) is 16.5. The number of carboxylic acid groups (broad SMARTS) is 1. The number of aromatic carboxylic acids is 1. The van der Waals surface area contributed by atoms with E-state index < -0.39 is 12.1 Å². The van der Waals surface area contributed by atoms with Crippen LogP contribution in [0.1, 0.15) is 35.7 Å². The Morgan fingerprint density at radius 2 is 1.70 bits per heavy atom. The molecule has 1 aliphatic rings. The summed E-state index contributed by atoms with van der Waals surface area (Å²) in [5, 5.41) is 9.33. The van der Waals surface area contributed by atoms with E-state index in [1.807, 2.05) is 47.4 Å². The number of carboxylic acids is 1. The molecule has 1 heterocycles. The molecule has 142 valence electrons. The molecule has 1 unspecified atom stereocenters. The number of para-hydroxylation sites is 1. The molecule has 5 heteroatoms. The highest BCUT2D eigenvalue weighted by Gasteiger charge is 2.27. The van der Waals surface area contributed by atoms with E-state index in [4.69, 9.17) is 4.74 Å². The molecule has 2 aromatic carbocycles. The number of carbonyl (C=O) groups is 2. The quantitative estimate of drug-likeness (QED) is 0.847. The maximum atomic E-state index is 12.6. The Kier molecular flexibility index (Phi) is 6.12. The zero-order valence-corrected chi connectivity index (χ0v) is 15.5. The average molecular weight is 367 g/mol. The van der Waals surface area contributed by atoms with Gasteiger partial charge in [-0.1, -0.05) is 36.4 Å². The van der Waals surface area contributed by atoms with Crippen LogP contribution in [0.5, 0.6) is 5.75 Å². The molecule has 0 spiro atoms. The molecule has 5 nitrogen and oxygen atoms in total. The molecule has 3 rings (SSSR count). The van der Waals surface area contributed by atoms with Crippen molar-refractivity contribution in [3.63, 3.8) is 0 Å². The van der Waals surface area contributed by atoms with Crippen molar-refractivity contribution in [2.75, 3.05) is 13.1 Å². The minimum absolute atomic E-state index is 0.00300. The summed E-state index contributed by atoms with van der Waals surface area (Å²) in [5.41, 5.74) is 1.25. The van der Waals surface area contributed by atoms with Crippen LogP contribution in [-0.4, -0.2) is 41.1 Å². The van der Waals surface area contributed by atoms with Crippen molar-refractivity contribution in [2.45, 2.75) is 32.3 Å². The number of likely N-dealkylation sites (tertiary alicyclic amines) is 1. The summed E-state index contributed by atoms with van der Waals surface area (Å²) in [6.45, 7) is 3.15. The summed E-state index contributed by atoms with van der Waals surface area (Å²) in [4.78, 5) is 25.9. The second kappa shape index (κ2) is 8.71. The van der Waals surface area contributed by atoms with Gasteiger partial charge in [-0.15, -0.1) is 0 Å². The first-order chi connectivity index (χ1) is 13.0. The van der Waals surface area contributed by atoms with Crippen LogP contribution in [0.4, 0.5) is 0 Å². The number of rotatable bonds is 6. The number of hydrogen-bond donors (Lipinski definition) is 1. The van der Waals surface area contributed by atoms with E-state index in [9.17, 15) is 14.7 Å². The summed E-state index contributed by atoms with van der Waals surface area (Å²) < 4.78 is 5.74. The smallest absolute Gasteiger partial charge is 0.335 e. The maximum absolute atomic E-state index is 12.6. The molecule has 1 atom stereocenters. The second-order valence-electron chi connectivity index (χ2n) is 7.01. The van der Waals surface area contributed by atoms with Crippen LogP contribution in [0, 0.1) is 5.92 Å². The van der Waals surface area contributed by atoms with Gasteiger partial charge in [0.15, 0.2) is 6.10 Å². The molecular formula is C22H25NO4. The predicted octanol–water partition coefficient (Wildman–Crippen LogP) is 3.63. The van der Waals surface area contributed by atoms with Crippen molar-refractivity contribution in [2.24, 2.45) is 5.92 Å². The molecule has 0 aliphatic carbocycles. The zero-order chi connectivity index (χ0) is 19.2. The highest BCUT2D eigenvalue weighted by atomic mass is 16.5. The summed E-state index contributed by atoms with van der Waals surface area (Å²) in [7, 11) is 0. The molecule has 2 aromatic rings. The second-order valence-corrected chi connectivity index (χ2v) is 7.01. The lowest BCUT2D eigenvalue weighted by Crippen LogP contribution is -2.45. The van der Waals surface area contributed by atoms with Gasteiger partial charge in [-0.25, -0.2) is 4.79 Å². The first-order valence-electron chi connectivity index (χ1n) is 9.36. The standard InChI is InChI=1S/C22H25NO4/c1-16(27-19-8-3-2-4-9-19)21(24)23-13-11-17(12-14-23)15-18-7-5-6-10-20(18)22(25)26/h2-10,16-17H,11-15H2,1H3,(H,25,26). The fraction of sp³-hybridized carbons (Fsp3) is 0.364. The zero-order valence-electron chi connectivity index (χ0n) is 15.5. The first kappa shape index (κ1) is 19.0. The van der Waals surface area contributed by atoms with Crippen molar-refractivity contribution >= 4 is 11.9 Å².